The molecule has 0 aliphatic heterocycles. The van der Waals surface area contributed by atoms with Crippen LogP contribution in [0, 0.1) is 0 Å². The molecule has 1 rings (SSSR count). The molecule has 0 spiro atoms. The van der Waals surface area contributed by atoms with Crippen molar-refractivity contribution in [1.29, 1.82) is 0 Å². The third kappa shape index (κ3) is 3.09. The Balaban J connectivity index is 3.11. The Kier molecular flexibility index (Phi) is 3.44. The van der Waals surface area contributed by atoms with Crippen LogP contribution in [0.3, 0.4) is 0 Å². The van der Waals surface area contributed by atoms with Gasteiger partial charge in [-0.05, 0) is 32.0 Å². The normalized spacial score (nSPS) is 10.1. The van der Waals surface area contributed by atoms with Crippen molar-refractivity contribution < 1.29 is 14.3 Å². The number of ether oxygens (including phenoxy) is 1. The summed E-state index contributed by atoms with van der Waals surface area (Å²) in [5.74, 6) is -0.101. The number of hydrogen-bond donors (Lipinski definition) is 1. The minimum atomic E-state index is -0.577. The zero-order valence-electron chi connectivity index (χ0n) is 8.69. The largest absolute Gasteiger partial charge is 0.491 e. The van der Waals surface area contributed by atoms with Crippen molar-refractivity contribution in [2.24, 2.45) is 5.73 Å². The van der Waals surface area contributed by atoms with E-state index in [2.05, 4.69) is 0 Å². The van der Waals surface area contributed by atoms with E-state index in [1.807, 2.05) is 13.8 Å². The smallest absolute Gasteiger partial charge is 0.248 e. The molecule has 0 atom stereocenters. The number of primary amides is 1. The first kappa shape index (κ1) is 11.2. The van der Waals surface area contributed by atoms with Crippen molar-refractivity contribution in [3.63, 3.8) is 0 Å². The van der Waals surface area contributed by atoms with Gasteiger partial charge < -0.3 is 10.5 Å². The summed E-state index contributed by atoms with van der Waals surface area (Å²) in [7, 11) is 0. The molecule has 0 fully saturated rings. The lowest BCUT2D eigenvalue weighted by Gasteiger charge is -2.10. The molecule has 0 saturated heterocycles. The summed E-state index contributed by atoms with van der Waals surface area (Å²) in [4.78, 5) is 21.6. The van der Waals surface area contributed by atoms with Gasteiger partial charge in [-0.2, -0.15) is 0 Å². The van der Waals surface area contributed by atoms with E-state index >= 15 is 0 Å². The zero-order valence-corrected chi connectivity index (χ0v) is 8.69. The van der Waals surface area contributed by atoms with Crippen LogP contribution in [0.2, 0.25) is 0 Å². The van der Waals surface area contributed by atoms with Crippen LogP contribution in [-0.4, -0.2) is 18.3 Å². The molecule has 0 saturated carbocycles. The van der Waals surface area contributed by atoms with Gasteiger partial charge >= 0.3 is 0 Å². The number of hydrogen-bond acceptors (Lipinski definition) is 3. The van der Waals surface area contributed by atoms with Crippen molar-refractivity contribution in [2.75, 3.05) is 0 Å². The van der Waals surface area contributed by atoms with Crippen LogP contribution < -0.4 is 10.5 Å². The van der Waals surface area contributed by atoms with Crippen molar-refractivity contribution in [3.8, 4) is 5.75 Å². The maximum Gasteiger partial charge on any atom is 0.248 e. The van der Waals surface area contributed by atoms with Crippen LogP contribution in [0.1, 0.15) is 34.6 Å². The molecule has 1 amide bonds. The van der Waals surface area contributed by atoms with E-state index in [1.54, 1.807) is 6.07 Å². The fourth-order valence-corrected chi connectivity index (χ4v) is 1.17. The highest BCUT2D eigenvalue weighted by Crippen LogP contribution is 2.17. The number of aldehydes is 1. The monoisotopic (exact) mass is 207 g/mol. The second kappa shape index (κ2) is 4.59. The third-order valence-corrected chi connectivity index (χ3v) is 1.72. The minimum absolute atomic E-state index is 0.0207. The predicted molar refractivity (Wildman–Crippen MR) is 56.1 cm³/mol. The topological polar surface area (TPSA) is 69.4 Å². The highest BCUT2D eigenvalue weighted by molar-refractivity contribution is 5.95. The second-order valence-electron chi connectivity index (χ2n) is 3.44. The van der Waals surface area contributed by atoms with Crippen LogP contribution in [0.4, 0.5) is 0 Å². The lowest BCUT2D eigenvalue weighted by atomic mass is 10.1. The van der Waals surface area contributed by atoms with E-state index in [0.29, 0.717) is 17.6 Å². The molecule has 0 radical (unpaired) electrons. The molecule has 4 heteroatoms. The van der Waals surface area contributed by atoms with Gasteiger partial charge in [0, 0.05) is 11.1 Å². The standard InChI is InChI=1S/C11H13NO3/c1-7(2)15-10-4-8(6-13)3-9(5-10)11(12)14/h3-7H,1-2H3,(H2,12,14). The number of carbonyl (C=O) groups excluding carboxylic acids is 2. The molecule has 0 bridgehead atoms. The van der Waals surface area contributed by atoms with Gasteiger partial charge in [0.05, 0.1) is 6.10 Å². The predicted octanol–water partition coefficient (Wildman–Crippen LogP) is 1.39. The molecular formula is C11H13NO3. The lowest BCUT2D eigenvalue weighted by molar-refractivity contribution is 0.0999. The molecule has 1 aromatic carbocycles. The van der Waals surface area contributed by atoms with Gasteiger partial charge in [-0.3, -0.25) is 9.59 Å². The minimum Gasteiger partial charge on any atom is -0.491 e. The fourth-order valence-electron chi connectivity index (χ4n) is 1.17. The van der Waals surface area contributed by atoms with Gasteiger partial charge in [0.2, 0.25) is 5.91 Å². The zero-order chi connectivity index (χ0) is 11.4. The second-order valence-corrected chi connectivity index (χ2v) is 3.44. The molecular weight excluding hydrogens is 194 g/mol. The summed E-state index contributed by atoms with van der Waals surface area (Å²) in [5, 5.41) is 0. The molecule has 0 unspecified atom stereocenters. The molecule has 0 aliphatic carbocycles. The Hall–Kier alpha value is -1.84. The number of carbonyl (C=O) groups is 2. The van der Waals surface area contributed by atoms with E-state index in [0.717, 1.165) is 0 Å². The summed E-state index contributed by atoms with van der Waals surface area (Å²) in [6.07, 6.45) is 0.632. The molecule has 1 aromatic rings. The summed E-state index contributed by atoms with van der Waals surface area (Å²) in [5.41, 5.74) is 5.78. The molecule has 4 nitrogen and oxygen atoms in total. The van der Waals surface area contributed by atoms with Crippen LogP contribution >= 0.6 is 0 Å². The maximum absolute atomic E-state index is 11.0. The average Bonchev–Trinajstić information content (AvgIpc) is 2.16. The number of rotatable bonds is 4. The first-order valence-electron chi connectivity index (χ1n) is 4.59. The first-order chi connectivity index (χ1) is 7.02. The van der Waals surface area contributed by atoms with E-state index < -0.39 is 5.91 Å². The van der Waals surface area contributed by atoms with E-state index in [1.165, 1.54) is 12.1 Å². The maximum atomic E-state index is 11.0. The highest BCUT2D eigenvalue weighted by atomic mass is 16.5. The van der Waals surface area contributed by atoms with Crippen molar-refractivity contribution in [3.05, 3.63) is 29.3 Å². The van der Waals surface area contributed by atoms with Crippen LogP contribution in [0.5, 0.6) is 5.75 Å². The summed E-state index contributed by atoms with van der Waals surface area (Å²) in [6, 6.07) is 4.53. The molecule has 0 heterocycles. The summed E-state index contributed by atoms with van der Waals surface area (Å²) >= 11 is 0. The number of nitrogens with two attached hydrogens (primary N) is 1. The SMILES string of the molecule is CC(C)Oc1cc(C=O)cc(C(N)=O)c1. The van der Waals surface area contributed by atoms with Gasteiger partial charge in [-0.1, -0.05) is 0 Å². The highest BCUT2D eigenvalue weighted by Gasteiger charge is 2.06. The number of amides is 1. The van der Waals surface area contributed by atoms with Crippen molar-refractivity contribution in [1.82, 2.24) is 0 Å². The molecule has 0 aliphatic rings. The van der Waals surface area contributed by atoms with E-state index in [-0.39, 0.29) is 11.7 Å². The lowest BCUT2D eigenvalue weighted by Crippen LogP contribution is -2.12. The Labute approximate surface area is 88.0 Å². The molecule has 80 valence electrons. The van der Waals surface area contributed by atoms with Gasteiger partial charge in [0.15, 0.2) is 0 Å². The van der Waals surface area contributed by atoms with Crippen LogP contribution in [0.15, 0.2) is 18.2 Å². The third-order valence-electron chi connectivity index (χ3n) is 1.72. The Morgan fingerprint density at radius 2 is 2.07 bits per heavy atom. The average molecular weight is 207 g/mol. The van der Waals surface area contributed by atoms with E-state index in [4.69, 9.17) is 10.5 Å². The van der Waals surface area contributed by atoms with Gasteiger partial charge in [-0.25, -0.2) is 0 Å². The van der Waals surface area contributed by atoms with Crippen LogP contribution in [0.25, 0.3) is 0 Å². The van der Waals surface area contributed by atoms with Gasteiger partial charge in [0.1, 0.15) is 12.0 Å². The summed E-state index contributed by atoms with van der Waals surface area (Å²) in [6.45, 7) is 3.72. The molecule has 2 N–H and O–H groups in total. The summed E-state index contributed by atoms with van der Waals surface area (Å²) < 4.78 is 5.38. The fraction of sp³-hybridized carbons (Fsp3) is 0.273. The number of benzene rings is 1. The molecule has 0 aromatic heterocycles. The Morgan fingerprint density at radius 1 is 1.40 bits per heavy atom. The molecule has 15 heavy (non-hydrogen) atoms. The Morgan fingerprint density at radius 3 is 2.53 bits per heavy atom. The Bertz CT molecular complexity index is 385. The van der Waals surface area contributed by atoms with Crippen molar-refractivity contribution in [2.45, 2.75) is 20.0 Å². The first-order valence-corrected chi connectivity index (χ1v) is 4.59. The van der Waals surface area contributed by atoms with Crippen LogP contribution in [-0.2, 0) is 0 Å². The quantitative estimate of drug-likeness (QED) is 0.758. The van der Waals surface area contributed by atoms with Gasteiger partial charge in [-0.15, -0.1) is 0 Å². The van der Waals surface area contributed by atoms with Crippen molar-refractivity contribution >= 4 is 12.2 Å². The van der Waals surface area contributed by atoms with E-state index in [9.17, 15) is 9.59 Å². The van der Waals surface area contributed by atoms with Gasteiger partial charge in [0.25, 0.3) is 0 Å².